The predicted octanol–water partition coefficient (Wildman–Crippen LogP) is 4.05. The fourth-order valence-electron chi connectivity index (χ4n) is 2.97. The lowest BCUT2D eigenvalue weighted by Gasteiger charge is -2.26. The monoisotopic (exact) mass is 345 g/mol. The first-order valence-electron chi connectivity index (χ1n) is 7.37. The minimum absolute atomic E-state index is 0.251. The zero-order valence-electron chi connectivity index (χ0n) is 12.9. The number of nitrogens with one attached hydrogen (secondary N) is 2. The lowest BCUT2D eigenvalue weighted by atomic mass is 10.1. The van der Waals surface area contributed by atoms with Gasteiger partial charge in [0.15, 0.2) is 11.6 Å². The SMILES string of the molecule is Cc1cc(C)c2c3c(sc2n1)C(=O)N[C@@H](c1ccc(F)c(F)c1)N3. The molecule has 4 rings (SSSR count). The number of rotatable bonds is 1. The molecular formula is C17H13F2N3OS. The Morgan fingerprint density at radius 2 is 1.92 bits per heavy atom. The molecule has 0 unspecified atom stereocenters. The van der Waals surface area contributed by atoms with Crippen molar-refractivity contribution in [2.75, 3.05) is 5.32 Å². The van der Waals surface area contributed by atoms with Crippen LogP contribution < -0.4 is 10.6 Å². The van der Waals surface area contributed by atoms with Crippen LogP contribution in [0.3, 0.4) is 0 Å². The van der Waals surface area contributed by atoms with Gasteiger partial charge in [-0.1, -0.05) is 6.07 Å². The van der Waals surface area contributed by atoms with Gasteiger partial charge in [-0.05, 0) is 43.2 Å². The Labute approximate surface area is 140 Å². The third-order valence-corrected chi connectivity index (χ3v) is 5.12. The number of pyridine rings is 1. The van der Waals surface area contributed by atoms with Crippen LogP contribution in [0.25, 0.3) is 10.2 Å². The predicted molar refractivity (Wildman–Crippen MR) is 89.3 cm³/mol. The molecule has 1 aliphatic rings. The van der Waals surface area contributed by atoms with Gasteiger partial charge in [0.05, 0.1) is 5.69 Å². The summed E-state index contributed by atoms with van der Waals surface area (Å²) in [4.78, 5) is 18.3. The second-order valence-electron chi connectivity index (χ2n) is 5.79. The number of halogens is 2. The second kappa shape index (κ2) is 5.24. The quantitative estimate of drug-likeness (QED) is 0.700. The first kappa shape index (κ1) is 15.0. The van der Waals surface area contributed by atoms with Crippen LogP contribution in [0.4, 0.5) is 14.5 Å². The molecule has 0 aliphatic carbocycles. The van der Waals surface area contributed by atoms with Gasteiger partial charge in [-0.3, -0.25) is 4.79 Å². The molecule has 3 aromatic rings. The highest BCUT2D eigenvalue weighted by Gasteiger charge is 2.30. The molecule has 1 atom stereocenters. The summed E-state index contributed by atoms with van der Waals surface area (Å²) in [7, 11) is 0. The van der Waals surface area contributed by atoms with Gasteiger partial charge < -0.3 is 10.6 Å². The minimum Gasteiger partial charge on any atom is -0.360 e. The van der Waals surface area contributed by atoms with E-state index in [4.69, 9.17) is 0 Å². The molecule has 0 radical (unpaired) electrons. The van der Waals surface area contributed by atoms with Crippen LogP contribution in [-0.4, -0.2) is 10.9 Å². The van der Waals surface area contributed by atoms with Crippen molar-refractivity contribution >= 4 is 33.1 Å². The molecule has 0 saturated carbocycles. The van der Waals surface area contributed by atoms with Crippen molar-refractivity contribution in [3.05, 3.63) is 57.6 Å². The molecule has 0 fully saturated rings. The molecule has 1 aliphatic heterocycles. The van der Waals surface area contributed by atoms with Crippen molar-refractivity contribution in [2.45, 2.75) is 20.0 Å². The number of benzene rings is 1. The van der Waals surface area contributed by atoms with Gasteiger partial charge in [-0.15, -0.1) is 11.3 Å². The summed E-state index contributed by atoms with van der Waals surface area (Å²) in [5.74, 6) is -2.12. The Balaban J connectivity index is 1.84. The van der Waals surface area contributed by atoms with E-state index in [-0.39, 0.29) is 5.91 Å². The van der Waals surface area contributed by atoms with E-state index < -0.39 is 17.8 Å². The van der Waals surface area contributed by atoms with E-state index in [0.29, 0.717) is 16.1 Å². The van der Waals surface area contributed by atoms with E-state index in [1.165, 1.54) is 17.4 Å². The van der Waals surface area contributed by atoms with Gasteiger partial charge >= 0.3 is 0 Å². The van der Waals surface area contributed by atoms with E-state index in [1.807, 2.05) is 19.9 Å². The first-order chi connectivity index (χ1) is 11.4. The number of hydrogen-bond donors (Lipinski definition) is 2. The molecule has 0 saturated heterocycles. The molecule has 1 amide bonds. The Hall–Kier alpha value is -2.54. The smallest absolute Gasteiger partial charge is 0.265 e. The molecule has 7 heteroatoms. The molecule has 0 bridgehead atoms. The molecule has 1 aromatic carbocycles. The second-order valence-corrected chi connectivity index (χ2v) is 6.79. The maximum absolute atomic E-state index is 13.5. The highest BCUT2D eigenvalue weighted by atomic mass is 32.1. The third-order valence-electron chi connectivity index (χ3n) is 4.03. The van der Waals surface area contributed by atoms with Gasteiger partial charge in [0.2, 0.25) is 0 Å². The molecule has 4 nitrogen and oxygen atoms in total. The van der Waals surface area contributed by atoms with Crippen molar-refractivity contribution in [1.82, 2.24) is 10.3 Å². The lowest BCUT2D eigenvalue weighted by molar-refractivity contribution is 0.0940. The highest BCUT2D eigenvalue weighted by Crippen LogP contribution is 2.40. The van der Waals surface area contributed by atoms with Crippen LogP contribution in [0.15, 0.2) is 24.3 Å². The summed E-state index contributed by atoms with van der Waals surface area (Å²) in [6, 6.07) is 5.54. The van der Waals surface area contributed by atoms with Gasteiger partial charge in [-0.2, -0.15) is 0 Å². The zero-order chi connectivity index (χ0) is 17.0. The zero-order valence-corrected chi connectivity index (χ0v) is 13.7. The number of carbonyl (C=O) groups is 1. The number of carbonyl (C=O) groups excluding carboxylic acids is 1. The van der Waals surface area contributed by atoms with Gasteiger partial charge in [0.25, 0.3) is 5.91 Å². The summed E-state index contributed by atoms with van der Waals surface area (Å²) in [6.45, 7) is 3.87. The molecule has 2 aromatic heterocycles. The molecular weight excluding hydrogens is 332 g/mol. The van der Waals surface area contributed by atoms with Crippen LogP contribution in [-0.2, 0) is 0 Å². The molecule has 3 heterocycles. The standard InChI is InChI=1S/C17H13F2N3OS/c1-7-5-8(2)20-17-12(7)13-14(24-17)16(23)22-15(21-13)9-3-4-10(18)11(19)6-9/h3-6,15,21H,1-2H3,(H,22,23)/t15-/m0/s1. The van der Waals surface area contributed by atoms with E-state index in [0.717, 1.165) is 33.6 Å². The summed E-state index contributed by atoms with van der Waals surface area (Å²) in [6.07, 6.45) is -0.626. The Morgan fingerprint density at radius 3 is 2.67 bits per heavy atom. The van der Waals surface area contributed by atoms with Crippen molar-refractivity contribution in [2.24, 2.45) is 0 Å². The Kier molecular flexibility index (Phi) is 3.28. The largest absolute Gasteiger partial charge is 0.360 e. The minimum atomic E-state index is -0.946. The van der Waals surface area contributed by atoms with Crippen LogP contribution >= 0.6 is 11.3 Å². The highest BCUT2D eigenvalue weighted by molar-refractivity contribution is 7.21. The third kappa shape index (κ3) is 2.24. The number of anilines is 1. The van der Waals surface area contributed by atoms with Gasteiger partial charge in [-0.25, -0.2) is 13.8 Å². The molecule has 0 spiro atoms. The number of amides is 1. The van der Waals surface area contributed by atoms with E-state index >= 15 is 0 Å². The Morgan fingerprint density at radius 1 is 1.12 bits per heavy atom. The Bertz CT molecular complexity index is 999. The van der Waals surface area contributed by atoms with E-state index in [9.17, 15) is 13.6 Å². The fourth-order valence-corrected chi connectivity index (χ4v) is 4.14. The van der Waals surface area contributed by atoms with Crippen molar-refractivity contribution in [3.63, 3.8) is 0 Å². The number of thiophene rings is 1. The van der Waals surface area contributed by atoms with Gasteiger partial charge in [0.1, 0.15) is 15.9 Å². The molecule has 24 heavy (non-hydrogen) atoms. The summed E-state index contributed by atoms with van der Waals surface area (Å²) < 4.78 is 26.6. The average molecular weight is 345 g/mol. The van der Waals surface area contributed by atoms with Crippen molar-refractivity contribution in [3.8, 4) is 0 Å². The van der Waals surface area contributed by atoms with E-state index in [1.54, 1.807) is 0 Å². The van der Waals surface area contributed by atoms with Crippen molar-refractivity contribution < 1.29 is 13.6 Å². The topological polar surface area (TPSA) is 54.0 Å². The van der Waals surface area contributed by atoms with Crippen LogP contribution in [0.5, 0.6) is 0 Å². The number of aryl methyl sites for hydroxylation is 2. The first-order valence-corrected chi connectivity index (χ1v) is 8.19. The number of hydrogen-bond acceptors (Lipinski definition) is 4. The summed E-state index contributed by atoms with van der Waals surface area (Å²) >= 11 is 1.32. The van der Waals surface area contributed by atoms with Crippen LogP contribution in [0, 0.1) is 25.5 Å². The normalized spacial score (nSPS) is 16.7. The number of fused-ring (bicyclic) bond motifs is 3. The lowest BCUT2D eigenvalue weighted by Crippen LogP contribution is -2.37. The summed E-state index contributed by atoms with van der Waals surface area (Å²) in [5, 5.41) is 6.89. The van der Waals surface area contributed by atoms with Crippen LogP contribution in [0.2, 0.25) is 0 Å². The van der Waals surface area contributed by atoms with Gasteiger partial charge in [0, 0.05) is 11.1 Å². The molecule has 2 N–H and O–H groups in total. The van der Waals surface area contributed by atoms with E-state index in [2.05, 4.69) is 15.6 Å². The van der Waals surface area contributed by atoms with Crippen molar-refractivity contribution in [1.29, 1.82) is 0 Å². The fraction of sp³-hybridized carbons (Fsp3) is 0.176. The maximum atomic E-state index is 13.5. The van der Waals surface area contributed by atoms with Crippen LogP contribution in [0.1, 0.15) is 32.7 Å². The summed E-state index contributed by atoms with van der Waals surface area (Å²) in [5.41, 5.74) is 3.04. The number of aromatic nitrogens is 1. The average Bonchev–Trinajstić information content (AvgIpc) is 2.89. The number of nitrogens with zero attached hydrogens (tertiary/aromatic N) is 1. The maximum Gasteiger partial charge on any atom is 0.265 e. The molecule has 122 valence electrons.